The van der Waals surface area contributed by atoms with Crippen molar-refractivity contribution in [1.29, 1.82) is 0 Å². The summed E-state index contributed by atoms with van der Waals surface area (Å²) in [6, 6.07) is 0. The number of anilines is 3. The lowest BCUT2D eigenvalue weighted by Gasteiger charge is -2.12. The molecule has 0 bridgehead atoms. The van der Waals surface area contributed by atoms with Crippen LogP contribution in [0.3, 0.4) is 0 Å². The van der Waals surface area contributed by atoms with E-state index < -0.39 is 6.23 Å². The Morgan fingerprint density at radius 1 is 1.27 bits per heavy atom. The van der Waals surface area contributed by atoms with Crippen LogP contribution in [0.2, 0.25) is 0 Å². The van der Waals surface area contributed by atoms with Crippen molar-refractivity contribution in [2.75, 3.05) is 16.8 Å². The van der Waals surface area contributed by atoms with E-state index >= 15 is 0 Å². The molecule has 0 spiro atoms. The van der Waals surface area contributed by atoms with E-state index in [9.17, 15) is 5.11 Å². The molecule has 0 aliphatic carbocycles. The van der Waals surface area contributed by atoms with Gasteiger partial charge in [0.2, 0.25) is 17.8 Å². The molecule has 84 valence electrons. The number of unbranched alkanes of at least 4 members (excludes halogenated alkanes) is 1. The van der Waals surface area contributed by atoms with E-state index in [1.165, 1.54) is 0 Å². The van der Waals surface area contributed by atoms with Crippen LogP contribution in [-0.2, 0) is 0 Å². The molecule has 0 radical (unpaired) electrons. The largest absolute Gasteiger partial charge is 0.374 e. The van der Waals surface area contributed by atoms with Crippen molar-refractivity contribution in [2.24, 2.45) is 0 Å². The third-order valence-corrected chi connectivity index (χ3v) is 1.80. The summed E-state index contributed by atoms with van der Waals surface area (Å²) in [7, 11) is 0. The Labute approximate surface area is 87.9 Å². The Balaban J connectivity index is 2.56. The lowest BCUT2D eigenvalue weighted by molar-refractivity contribution is 0.189. The number of hydrogen-bond donors (Lipinski definition) is 4. The van der Waals surface area contributed by atoms with Gasteiger partial charge in [0, 0.05) is 0 Å². The average molecular weight is 212 g/mol. The molecule has 6 N–H and O–H groups in total. The Morgan fingerprint density at radius 3 is 2.40 bits per heavy atom. The molecule has 1 unspecified atom stereocenters. The Hall–Kier alpha value is -1.63. The number of nitrogens with two attached hydrogens (primary N) is 2. The number of aliphatic hydroxyl groups excluding tert-OH is 1. The topological polar surface area (TPSA) is 123 Å². The van der Waals surface area contributed by atoms with Crippen LogP contribution >= 0.6 is 0 Å². The molecule has 1 aromatic heterocycles. The fourth-order valence-electron chi connectivity index (χ4n) is 1.09. The predicted molar refractivity (Wildman–Crippen MR) is 57.8 cm³/mol. The lowest BCUT2D eigenvalue weighted by Crippen LogP contribution is -2.21. The van der Waals surface area contributed by atoms with E-state index in [4.69, 9.17) is 11.5 Å². The maximum Gasteiger partial charge on any atom is 0.231 e. The first-order valence-electron chi connectivity index (χ1n) is 4.83. The Morgan fingerprint density at radius 2 is 1.87 bits per heavy atom. The highest BCUT2D eigenvalue weighted by Gasteiger charge is 2.06. The maximum absolute atomic E-state index is 9.52. The van der Waals surface area contributed by atoms with Gasteiger partial charge in [0.1, 0.15) is 6.23 Å². The molecule has 7 heteroatoms. The molecule has 1 rings (SSSR count). The summed E-state index contributed by atoms with van der Waals surface area (Å²) in [5.74, 6) is 0.268. The normalized spacial score (nSPS) is 12.4. The molecule has 0 aliphatic rings. The zero-order chi connectivity index (χ0) is 11.3. The third-order valence-electron chi connectivity index (χ3n) is 1.80. The van der Waals surface area contributed by atoms with Gasteiger partial charge in [0.05, 0.1) is 0 Å². The van der Waals surface area contributed by atoms with Crippen LogP contribution < -0.4 is 16.8 Å². The highest BCUT2D eigenvalue weighted by Crippen LogP contribution is 2.07. The van der Waals surface area contributed by atoms with Gasteiger partial charge in [-0.25, -0.2) is 0 Å². The van der Waals surface area contributed by atoms with E-state index in [0.29, 0.717) is 6.42 Å². The van der Waals surface area contributed by atoms with Gasteiger partial charge in [-0.2, -0.15) is 15.0 Å². The summed E-state index contributed by atoms with van der Waals surface area (Å²) in [5, 5.41) is 12.2. The summed E-state index contributed by atoms with van der Waals surface area (Å²) >= 11 is 0. The smallest absolute Gasteiger partial charge is 0.231 e. The van der Waals surface area contributed by atoms with E-state index in [1.54, 1.807) is 0 Å². The van der Waals surface area contributed by atoms with Crippen molar-refractivity contribution < 1.29 is 5.11 Å². The van der Waals surface area contributed by atoms with Crippen LogP contribution in [0.15, 0.2) is 0 Å². The van der Waals surface area contributed by atoms with Crippen molar-refractivity contribution in [1.82, 2.24) is 15.0 Å². The van der Waals surface area contributed by atoms with Crippen LogP contribution in [-0.4, -0.2) is 26.3 Å². The molecular formula is C8H16N6O. The standard InChI is InChI=1S/C8H16N6O/c1-2-3-4-5(15)11-8-13-6(9)12-7(10)14-8/h5,15H,2-4H2,1H3,(H5,9,10,11,12,13,14). The summed E-state index contributed by atoms with van der Waals surface area (Å²) in [5.41, 5.74) is 10.7. The SMILES string of the molecule is CCCCC(O)Nc1nc(N)nc(N)n1. The zero-order valence-corrected chi connectivity index (χ0v) is 8.64. The van der Waals surface area contributed by atoms with Crippen molar-refractivity contribution in [3.63, 3.8) is 0 Å². The number of nitrogens with zero attached hydrogens (tertiary/aromatic N) is 3. The van der Waals surface area contributed by atoms with Crippen molar-refractivity contribution in [2.45, 2.75) is 32.4 Å². The van der Waals surface area contributed by atoms with E-state index in [1.807, 2.05) is 6.92 Å². The number of nitrogens with one attached hydrogen (secondary N) is 1. The summed E-state index contributed by atoms with van der Waals surface area (Å²) in [6.45, 7) is 2.05. The molecule has 1 aromatic rings. The van der Waals surface area contributed by atoms with Gasteiger partial charge in [-0.15, -0.1) is 0 Å². The van der Waals surface area contributed by atoms with Crippen molar-refractivity contribution >= 4 is 17.8 Å². The number of hydrogen-bond acceptors (Lipinski definition) is 7. The fourth-order valence-corrected chi connectivity index (χ4v) is 1.09. The first kappa shape index (κ1) is 11.4. The quantitative estimate of drug-likeness (QED) is 0.505. The van der Waals surface area contributed by atoms with Gasteiger partial charge in [-0.05, 0) is 12.8 Å². The minimum Gasteiger partial charge on any atom is -0.374 e. The summed E-state index contributed by atoms with van der Waals surface area (Å²) < 4.78 is 0. The Kier molecular flexibility index (Phi) is 4.04. The molecule has 0 saturated heterocycles. The monoisotopic (exact) mass is 212 g/mol. The minimum atomic E-state index is -0.689. The van der Waals surface area contributed by atoms with E-state index in [2.05, 4.69) is 20.3 Å². The molecule has 0 aliphatic heterocycles. The maximum atomic E-state index is 9.52. The predicted octanol–water partition coefficient (Wildman–Crippen LogP) is -0.0435. The van der Waals surface area contributed by atoms with E-state index in [0.717, 1.165) is 12.8 Å². The second kappa shape index (κ2) is 5.30. The molecule has 0 fully saturated rings. The van der Waals surface area contributed by atoms with Crippen LogP contribution in [0.25, 0.3) is 0 Å². The van der Waals surface area contributed by atoms with Crippen LogP contribution in [0.1, 0.15) is 26.2 Å². The first-order chi connectivity index (χ1) is 7.11. The molecule has 1 heterocycles. The molecule has 7 nitrogen and oxygen atoms in total. The van der Waals surface area contributed by atoms with Gasteiger partial charge in [0.25, 0.3) is 0 Å². The molecule has 0 aromatic carbocycles. The third kappa shape index (κ3) is 3.94. The highest BCUT2D eigenvalue weighted by molar-refractivity contribution is 5.37. The van der Waals surface area contributed by atoms with Gasteiger partial charge >= 0.3 is 0 Å². The fraction of sp³-hybridized carbons (Fsp3) is 0.625. The first-order valence-corrected chi connectivity index (χ1v) is 4.83. The molecule has 15 heavy (non-hydrogen) atoms. The number of rotatable bonds is 5. The van der Waals surface area contributed by atoms with Gasteiger partial charge in [-0.1, -0.05) is 13.3 Å². The second-order valence-electron chi connectivity index (χ2n) is 3.18. The molecule has 0 saturated carbocycles. The van der Waals surface area contributed by atoms with Crippen LogP contribution in [0.5, 0.6) is 0 Å². The van der Waals surface area contributed by atoms with Crippen molar-refractivity contribution in [3.8, 4) is 0 Å². The van der Waals surface area contributed by atoms with Crippen LogP contribution in [0, 0.1) is 0 Å². The number of aliphatic hydroxyl groups is 1. The van der Waals surface area contributed by atoms with Gasteiger partial charge in [0.15, 0.2) is 0 Å². The van der Waals surface area contributed by atoms with Crippen LogP contribution in [0.4, 0.5) is 17.8 Å². The highest BCUT2D eigenvalue weighted by atomic mass is 16.3. The average Bonchev–Trinajstić information content (AvgIpc) is 2.13. The number of aromatic nitrogens is 3. The molecule has 1 atom stereocenters. The molecule has 0 amide bonds. The Bertz CT molecular complexity index is 298. The zero-order valence-electron chi connectivity index (χ0n) is 8.64. The summed E-state index contributed by atoms with van der Waals surface area (Å²) in [4.78, 5) is 11.2. The number of nitrogen functional groups attached to an aromatic ring is 2. The minimum absolute atomic E-state index is 0.0349. The lowest BCUT2D eigenvalue weighted by atomic mass is 10.2. The van der Waals surface area contributed by atoms with Crippen molar-refractivity contribution in [3.05, 3.63) is 0 Å². The van der Waals surface area contributed by atoms with Gasteiger partial charge < -0.3 is 21.9 Å². The van der Waals surface area contributed by atoms with E-state index in [-0.39, 0.29) is 17.8 Å². The van der Waals surface area contributed by atoms with Gasteiger partial charge in [-0.3, -0.25) is 0 Å². The second-order valence-corrected chi connectivity index (χ2v) is 3.18. The molecular weight excluding hydrogens is 196 g/mol. The summed E-state index contributed by atoms with van der Waals surface area (Å²) in [6.07, 6.45) is 1.87.